The molecule has 0 unspecified atom stereocenters. The van der Waals surface area contributed by atoms with Crippen LogP contribution in [0.15, 0.2) is 59.5 Å². The fraction of sp³-hybridized carbons (Fsp3) is 0.160. The minimum atomic E-state index is -0.405. The highest BCUT2D eigenvalue weighted by Gasteiger charge is 2.13. The van der Waals surface area contributed by atoms with Crippen molar-refractivity contribution in [2.45, 2.75) is 18.7 Å². The smallest absolute Gasteiger partial charge is 0.224 e. The van der Waals surface area contributed by atoms with E-state index in [2.05, 4.69) is 0 Å². The van der Waals surface area contributed by atoms with Crippen LogP contribution in [0.25, 0.3) is 12.2 Å². The molecule has 0 aliphatic rings. The molecule has 3 aromatic rings. The standard InChI is InChI=1S/C25H24FNO2S/c1-16-11-18(12-17(2)24(16)28)9-10-19-13-20(15-21(14-19)27(3)4)25(29)30-23-8-6-5-7-22(23)26/h5-15,28H,1-4H3/b10-9+. The lowest BCUT2D eigenvalue weighted by Crippen LogP contribution is -2.10. The molecule has 0 spiro atoms. The van der Waals surface area contributed by atoms with E-state index in [4.69, 9.17) is 0 Å². The second-order valence-corrected chi connectivity index (χ2v) is 8.38. The minimum absolute atomic E-state index is 0.213. The average molecular weight is 422 g/mol. The molecule has 3 nitrogen and oxygen atoms in total. The van der Waals surface area contributed by atoms with Gasteiger partial charge in [-0.05, 0) is 90.3 Å². The third-order valence-corrected chi connectivity index (χ3v) is 5.69. The Morgan fingerprint density at radius 3 is 2.17 bits per heavy atom. The van der Waals surface area contributed by atoms with Gasteiger partial charge >= 0.3 is 0 Å². The van der Waals surface area contributed by atoms with E-state index in [0.717, 1.165) is 39.7 Å². The summed E-state index contributed by atoms with van der Waals surface area (Å²) in [5.41, 5.74) is 4.84. The molecule has 0 aliphatic carbocycles. The van der Waals surface area contributed by atoms with Gasteiger partial charge in [0.05, 0.1) is 4.90 Å². The zero-order valence-electron chi connectivity index (χ0n) is 17.4. The third-order valence-electron chi connectivity index (χ3n) is 4.71. The maximum atomic E-state index is 13.9. The van der Waals surface area contributed by atoms with Gasteiger partial charge in [0.15, 0.2) is 0 Å². The summed E-state index contributed by atoms with van der Waals surface area (Å²) in [6, 6.07) is 15.7. The molecule has 0 saturated carbocycles. The van der Waals surface area contributed by atoms with Crippen LogP contribution < -0.4 is 4.90 Å². The molecular formula is C25H24FNO2S. The first-order valence-electron chi connectivity index (χ1n) is 9.52. The van der Waals surface area contributed by atoms with E-state index in [1.165, 1.54) is 6.07 Å². The van der Waals surface area contributed by atoms with Gasteiger partial charge in [0.1, 0.15) is 11.6 Å². The topological polar surface area (TPSA) is 40.5 Å². The molecule has 0 bridgehead atoms. The van der Waals surface area contributed by atoms with Crippen LogP contribution in [-0.2, 0) is 0 Å². The lowest BCUT2D eigenvalue weighted by Gasteiger charge is -2.15. The lowest BCUT2D eigenvalue weighted by atomic mass is 10.0. The van der Waals surface area contributed by atoms with E-state index in [9.17, 15) is 14.3 Å². The summed E-state index contributed by atoms with van der Waals surface area (Å²) in [7, 11) is 3.82. The Morgan fingerprint density at radius 2 is 1.57 bits per heavy atom. The van der Waals surface area contributed by atoms with Gasteiger partial charge in [-0.25, -0.2) is 4.39 Å². The van der Waals surface area contributed by atoms with Gasteiger partial charge in [-0.1, -0.05) is 24.3 Å². The quantitative estimate of drug-likeness (QED) is 0.387. The molecule has 0 amide bonds. The van der Waals surface area contributed by atoms with Crippen LogP contribution in [0.3, 0.4) is 0 Å². The molecule has 30 heavy (non-hydrogen) atoms. The molecule has 0 heterocycles. The van der Waals surface area contributed by atoms with E-state index >= 15 is 0 Å². The summed E-state index contributed by atoms with van der Waals surface area (Å²) in [5, 5.41) is 9.74. The lowest BCUT2D eigenvalue weighted by molar-refractivity contribution is 0.108. The van der Waals surface area contributed by atoms with Crippen molar-refractivity contribution in [3.63, 3.8) is 0 Å². The molecule has 1 N–H and O–H groups in total. The highest BCUT2D eigenvalue weighted by atomic mass is 32.2. The normalized spacial score (nSPS) is 11.1. The highest BCUT2D eigenvalue weighted by molar-refractivity contribution is 8.14. The van der Waals surface area contributed by atoms with Crippen molar-refractivity contribution in [3.05, 3.63) is 88.2 Å². The number of carbonyl (C=O) groups is 1. The van der Waals surface area contributed by atoms with Gasteiger partial charge in [0, 0.05) is 25.3 Å². The van der Waals surface area contributed by atoms with E-state index in [0.29, 0.717) is 16.2 Å². The van der Waals surface area contributed by atoms with Gasteiger partial charge in [0.25, 0.3) is 0 Å². The van der Waals surface area contributed by atoms with Gasteiger partial charge < -0.3 is 10.0 Å². The van der Waals surface area contributed by atoms with Crippen LogP contribution in [0.2, 0.25) is 0 Å². The fourth-order valence-electron chi connectivity index (χ4n) is 3.07. The second kappa shape index (κ2) is 9.18. The van der Waals surface area contributed by atoms with E-state index in [1.807, 2.05) is 69.3 Å². The van der Waals surface area contributed by atoms with Crippen molar-refractivity contribution in [2.24, 2.45) is 0 Å². The van der Waals surface area contributed by atoms with Crippen LogP contribution in [0.5, 0.6) is 5.75 Å². The maximum absolute atomic E-state index is 13.9. The van der Waals surface area contributed by atoms with Gasteiger partial charge in [-0.3, -0.25) is 4.79 Å². The Kier molecular flexibility index (Phi) is 6.63. The molecule has 3 aromatic carbocycles. The number of nitrogens with zero attached hydrogens (tertiary/aromatic N) is 1. The number of hydrogen-bond donors (Lipinski definition) is 1. The summed E-state index contributed by atoms with van der Waals surface area (Å²) < 4.78 is 13.9. The van der Waals surface area contributed by atoms with E-state index in [1.54, 1.807) is 24.3 Å². The van der Waals surface area contributed by atoms with Crippen LogP contribution in [0, 0.1) is 19.7 Å². The number of aryl methyl sites for hydroxylation is 2. The number of carbonyl (C=O) groups excluding carboxylic acids is 1. The van der Waals surface area contributed by atoms with Crippen molar-refractivity contribution in [1.29, 1.82) is 0 Å². The molecule has 0 fully saturated rings. The molecule has 0 aliphatic heterocycles. The van der Waals surface area contributed by atoms with Crippen LogP contribution in [0.4, 0.5) is 10.1 Å². The number of halogens is 1. The summed E-state index contributed by atoms with van der Waals surface area (Å²) in [4.78, 5) is 15.1. The first-order valence-corrected chi connectivity index (χ1v) is 10.3. The molecule has 0 aromatic heterocycles. The number of hydrogen-bond acceptors (Lipinski definition) is 4. The molecule has 0 atom stereocenters. The number of phenolic OH excluding ortho intramolecular Hbond substituents is 1. The fourth-order valence-corrected chi connectivity index (χ4v) is 3.82. The molecule has 5 heteroatoms. The van der Waals surface area contributed by atoms with Crippen molar-refractivity contribution in [1.82, 2.24) is 0 Å². The van der Waals surface area contributed by atoms with Crippen molar-refractivity contribution < 1.29 is 14.3 Å². The maximum Gasteiger partial charge on any atom is 0.224 e. The number of anilines is 1. The summed E-state index contributed by atoms with van der Waals surface area (Å²) in [6.07, 6.45) is 3.88. The van der Waals surface area contributed by atoms with E-state index < -0.39 is 5.82 Å². The monoisotopic (exact) mass is 421 g/mol. The average Bonchev–Trinajstić information content (AvgIpc) is 2.71. The van der Waals surface area contributed by atoms with Crippen LogP contribution in [-0.4, -0.2) is 24.3 Å². The van der Waals surface area contributed by atoms with Crippen molar-refractivity contribution in [3.8, 4) is 5.75 Å². The first kappa shape index (κ1) is 21.7. The Morgan fingerprint density at radius 1 is 0.967 bits per heavy atom. The highest BCUT2D eigenvalue weighted by Crippen LogP contribution is 2.29. The second-order valence-electron chi connectivity index (χ2n) is 7.36. The number of phenols is 1. The van der Waals surface area contributed by atoms with Crippen molar-refractivity contribution >= 4 is 34.7 Å². The molecule has 0 radical (unpaired) electrons. The number of rotatable bonds is 5. The van der Waals surface area contributed by atoms with E-state index in [-0.39, 0.29) is 5.12 Å². The zero-order valence-corrected chi connectivity index (χ0v) is 18.3. The van der Waals surface area contributed by atoms with Gasteiger partial charge in [0.2, 0.25) is 5.12 Å². The predicted octanol–water partition coefficient (Wildman–Crippen LogP) is 6.32. The van der Waals surface area contributed by atoms with Crippen LogP contribution in [0.1, 0.15) is 32.6 Å². The Hall–Kier alpha value is -3.05. The Bertz CT molecular complexity index is 1100. The van der Waals surface area contributed by atoms with Crippen LogP contribution >= 0.6 is 11.8 Å². The first-order chi connectivity index (χ1) is 14.2. The molecule has 154 valence electrons. The number of thioether (sulfide) groups is 1. The van der Waals surface area contributed by atoms with Gasteiger partial charge in [-0.2, -0.15) is 0 Å². The summed E-state index contributed by atoms with van der Waals surface area (Å²) in [6.45, 7) is 3.73. The molecule has 0 saturated heterocycles. The summed E-state index contributed by atoms with van der Waals surface area (Å²) in [5.74, 6) is -0.0994. The summed E-state index contributed by atoms with van der Waals surface area (Å²) >= 11 is 0.888. The number of benzene rings is 3. The largest absolute Gasteiger partial charge is 0.507 e. The third kappa shape index (κ3) is 5.10. The molecular weight excluding hydrogens is 397 g/mol. The zero-order chi connectivity index (χ0) is 21.8. The number of aromatic hydroxyl groups is 1. The van der Waals surface area contributed by atoms with Gasteiger partial charge in [-0.15, -0.1) is 0 Å². The Labute approximate surface area is 180 Å². The SMILES string of the molecule is Cc1cc(/C=C/c2cc(C(=O)Sc3ccccc3F)cc(N(C)C)c2)cc(C)c1O. The Balaban J connectivity index is 1.93. The molecule has 3 rings (SSSR count). The minimum Gasteiger partial charge on any atom is -0.507 e. The predicted molar refractivity (Wildman–Crippen MR) is 124 cm³/mol. The van der Waals surface area contributed by atoms with Crippen molar-refractivity contribution in [2.75, 3.05) is 19.0 Å².